The Balaban J connectivity index is 1.68. The van der Waals surface area contributed by atoms with Crippen LogP contribution in [-0.2, 0) is 0 Å². The predicted molar refractivity (Wildman–Crippen MR) is 90.3 cm³/mol. The highest BCUT2D eigenvalue weighted by Gasteiger charge is 2.24. The maximum absolute atomic E-state index is 14.0. The van der Waals surface area contributed by atoms with Crippen molar-refractivity contribution in [3.8, 4) is 0 Å². The molecule has 0 amide bonds. The standard InChI is InChI=1S/C17H19ClF2N4/c1-11-9-16(22-17(18)21-11)24-7-5-23(6-8-24)12(2)14-4-3-13(19)10-15(14)20/h3-4,9-10,12H,5-8H2,1-2H3. The molecule has 128 valence electrons. The summed E-state index contributed by atoms with van der Waals surface area (Å²) >= 11 is 5.93. The van der Waals surface area contributed by atoms with E-state index in [1.165, 1.54) is 12.1 Å². The van der Waals surface area contributed by atoms with Gasteiger partial charge in [0.05, 0.1) is 0 Å². The molecule has 0 bridgehead atoms. The maximum Gasteiger partial charge on any atom is 0.224 e. The van der Waals surface area contributed by atoms with Crippen molar-refractivity contribution in [1.82, 2.24) is 14.9 Å². The Labute approximate surface area is 145 Å². The summed E-state index contributed by atoms with van der Waals surface area (Å²) in [6.45, 7) is 6.88. The average Bonchev–Trinajstić information content (AvgIpc) is 2.53. The molecule has 0 saturated carbocycles. The molecule has 4 nitrogen and oxygen atoms in total. The van der Waals surface area contributed by atoms with E-state index in [9.17, 15) is 8.78 Å². The van der Waals surface area contributed by atoms with Crippen molar-refractivity contribution < 1.29 is 8.78 Å². The number of aryl methyl sites for hydroxylation is 1. The van der Waals surface area contributed by atoms with E-state index in [2.05, 4.69) is 19.8 Å². The fourth-order valence-corrected chi connectivity index (χ4v) is 3.27. The summed E-state index contributed by atoms with van der Waals surface area (Å²) in [7, 11) is 0. The number of benzene rings is 1. The smallest absolute Gasteiger partial charge is 0.224 e. The van der Waals surface area contributed by atoms with Gasteiger partial charge < -0.3 is 4.90 Å². The van der Waals surface area contributed by atoms with Gasteiger partial charge in [-0.25, -0.2) is 18.7 Å². The molecule has 1 aliphatic heterocycles. The third-order valence-corrected chi connectivity index (χ3v) is 4.58. The zero-order chi connectivity index (χ0) is 17.3. The fraction of sp³-hybridized carbons (Fsp3) is 0.412. The molecule has 1 aliphatic rings. The van der Waals surface area contributed by atoms with Gasteiger partial charge in [-0.1, -0.05) is 6.07 Å². The van der Waals surface area contributed by atoms with Gasteiger partial charge in [0.1, 0.15) is 17.5 Å². The molecule has 0 spiro atoms. The van der Waals surface area contributed by atoms with E-state index in [-0.39, 0.29) is 11.3 Å². The molecule has 2 aromatic rings. The number of halogens is 3. The second-order valence-corrected chi connectivity index (χ2v) is 6.34. The van der Waals surface area contributed by atoms with Gasteiger partial charge >= 0.3 is 0 Å². The van der Waals surface area contributed by atoms with Gasteiger partial charge in [-0.3, -0.25) is 4.90 Å². The van der Waals surface area contributed by atoms with Crippen molar-refractivity contribution in [2.24, 2.45) is 0 Å². The number of nitrogens with zero attached hydrogens (tertiary/aromatic N) is 4. The summed E-state index contributed by atoms with van der Waals surface area (Å²) in [4.78, 5) is 12.7. The van der Waals surface area contributed by atoms with E-state index in [1.54, 1.807) is 0 Å². The molecule has 1 saturated heterocycles. The normalized spacial score (nSPS) is 17.1. The summed E-state index contributed by atoms with van der Waals surface area (Å²) < 4.78 is 27.1. The second kappa shape index (κ2) is 6.99. The molecule has 2 heterocycles. The lowest BCUT2D eigenvalue weighted by Crippen LogP contribution is -2.47. The van der Waals surface area contributed by atoms with Gasteiger partial charge in [-0.2, -0.15) is 0 Å². The zero-order valence-electron chi connectivity index (χ0n) is 13.6. The van der Waals surface area contributed by atoms with Crippen LogP contribution < -0.4 is 4.90 Å². The van der Waals surface area contributed by atoms with Crippen molar-refractivity contribution >= 4 is 17.4 Å². The Morgan fingerprint density at radius 3 is 2.42 bits per heavy atom. The lowest BCUT2D eigenvalue weighted by atomic mass is 10.1. The van der Waals surface area contributed by atoms with Crippen LogP contribution in [0.1, 0.15) is 24.2 Å². The Hall–Kier alpha value is -1.79. The molecule has 3 rings (SSSR count). The van der Waals surface area contributed by atoms with E-state index < -0.39 is 11.6 Å². The first kappa shape index (κ1) is 17.0. The van der Waals surface area contributed by atoms with Gasteiger partial charge in [0.25, 0.3) is 0 Å². The van der Waals surface area contributed by atoms with E-state index in [1.807, 2.05) is 19.9 Å². The van der Waals surface area contributed by atoms with Crippen LogP contribution in [0, 0.1) is 18.6 Å². The zero-order valence-corrected chi connectivity index (χ0v) is 14.4. The van der Waals surface area contributed by atoms with Crippen LogP contribution in [-0.4, -0.2) is 41.0 Å². The molecular weight excluding hydrogens is 334 g/mol. The van der Waals surface area contributed by atoms with E-state index in [0.717, 1.165) is 43.8 Å². The Morgan fingerprint density at radius 1 is 1.08 bits per heavy atom. The number of hydrogen-bond donors (Lipinski definition) is 0. The third-order valence-electron chi connectivity index (χ3n) is 4.41. The summed E-state index contributed by atoms with van der Waals surface area (Å²) in [5, 5.41) is 0.245. The quantitative estimate of drug-likeness (QED) is 0.790. The summed E-state index contributed by atoms with van der Waals surface area (Å²) in [6, 6.07) is 5.56. The lowest BCUT2D eigenvalue weighted by Gasteiger charge is -2.38. The molecular formula is C17H19ClF2N4. The average molecular weight is 353 g/mol. The molecule has 1 aromatic carbocycles. The molecule has 7 heteroatoms. The van der Waals surface area contributed by atoms with Crippen LogP contribution >= 0.6 is 11.6 Å². The number of anilines is 1. The molecule has 1 aromatic heterocycles. The van der Waals surface area contributed by atoms with Crippen LogP contribution in [0.25, 0.3) is 0 Å². The molecule has 0 radical (unpaired) electrons. The molecule has 0 N–H and O–H groups in total. The van der Waals surface area contributed by atoms with Gasteiger partial charge in [0.2, 0.25) is 5.28 Å². The lowest BCUT2D eigenvalue weighted by molar-refractivity contribution is 0.194. The largest absolute Gasteiger partial charge is 0.354 e. The van der Waals surface area contributed by atoms with Gasteiger partial charge in [0, 0.05) is 55.6 Å². The van der Waals surface area contributed by atoms with E-state index >= 15 is 0 Å². The monoisotopic (exact) mass is 352 g/mol. The highest BCUT2D eigenvalue weighted by atomic mass is 35.5. The fourth-order valence-electron chi connectivity index (χ4n) is 3.05. The highest BCUT2D eigenvalue weighted by molar-refractivity contribution is 6.28. The number of rotatable bonds is 3. The first-order chi connectivity index (χ1) is 11.4. The third kappa shape index (κ3) is 3.65. The van der Waals surface area contributed by atoms with Gasteiger partial charge in [-0.15, -0.1) is 0 Å². The van der Waals surface area contributed by atoms with Crippen LogP contribution in [0.15, 0.2) is 24.3 Å². The van der Waals surface area contributed by atoms with Gasteiger partial charge in [0.15, 0.2) is 0 Å². The van der Waals surface area contributed by atoms with Crippen molar-refractivity contribution in [1.29, 1.82) is 0 Å². The van der Waals surface area contributed by atoms with Gasteiger partial charge in [-0.05, 0) is 31.5 Å². The first-order valence-electron chi connectivity index (χ1n) is 7.89. The van der Waals surface area contributed by atoms with Crippen molar-refractivity contribution in [2.75, 3.05) is 31.1 Å². The molecule has 1 unspecified atom stereocenters. The van der Waals surface area contributed by atoms with Crippen LogP contribution in [0.2, 0.25) is 5.28 Å². The van der Waals surface area contributed by atoms with Crippen molar-refractivity contribution in [2.45, 2.75) is 19.9 Å². The van der Waals surface area contributed by atoms with Crippen LogP contribution in [0.4, 0.5) is 14.6 Å². The Morgan fingerprint density at radius 2 is 1.79 bits per heavy atom. The van der Waals surface area contributed by atoms with Crippen LogP contribution in [0.3, 0.4) is 0 Å². The number of aromatic nitrogens is 2. The van der Waals surface area contributed by atoms with Crippen molar-refractivity contribution in [3.63, 3.8) is 0 Å². The summed E-state index contributed by atoms with van der Waals surface area (Å²) in [5.41, 5.74) is 1.35. The first-order valence-corrected chi connectivity index (χ1v) is 8.27. The van der Waals surface area contributed by atoms with Crippen LogP contribution in [0.5, 0.6) is 0 Å². The van der Waals surface area contributed by atoms with E-state index in [0.29, 0.717) is 5.56 Å². The Kier molecular flexibility index (Phi) is 4.96. The van der Waals surface area contributed by atoms with Crippen molar-refractivity contribution in [3.05, 3.63) is 52.4 Å². The minimum atomic E-state index is -0.552. The number of piperazine rings is 1. The number of hydrogen-bond acceptors (Lipinski definition) is 4. The second-order valence-electron chi connectivity index (χ2n) is 6.00. The molecule has 1 fully saturated rings. The minimum Gasteiger partial charge on any atom is -0.354 e. The molecule has 24 heavy (non-hydrogen) atoms. The molecule has 0 aliphatic carbocycles. The maximum atomic E-state index is 14.0. The predicted octanol–water partition coefficient (Wildman–Crippen LogP) is 3.60. The minimum absolute atomic E-state index is 0.108. The highest BCUT2D eigenvalue weighted by Crippen LogP contribution is 2.26. The summed E-state index contributed by atoms with van der Waals surface area (Å²) in [5.74, 6) is -0.236. The topological polar surface area (TPSA) is 32.3 Å². The Bertz CT molecular complexity index is 712. The van der Waals surface area contributed by atoms with E-state index in [4.69, 9.17) is 11.6 Å². The summed E-state index contributed by atoms with van der Waals surface area (Å²) in [6.07, 6.45) is 0. The molecule has 1 atom stereocenters. The SMILES string of the molecule is Cc1cc(N2CCN(C(C)c3ccc(F)cc3F)CC2)nc(Cl)n1.